The van der Waals surface area contributed by atoms with Gasteiger partial charge in [-0.15, -0.1) is 0 Å². The molecular weight excluding hydrogens is 347 g/mol. The zero-order valence-electron chi connectivity index (χ0n) is 14.9. The molecule has 27 heavy (non-hydrogen) atoms. The summed E-state index contributed by atoms with van der Waals surface area (Å²) < 4.78 is 0. The second-order valence-electron chi connectivity index (χ2n) is 6.38. The molecule has 0 aromatic heterocycles. The number of aliphatic hydroxyl groups excluding tert-OH is 1. The van der Waals surface area contributed by atoms with Crippen LogP contribution in [0.3, 0.4) is 0 Å². The molecule has 132 valence electrons. The highest BCUT2D eigenvalue weighted by atomic mass is 31.1. The molecule has 0 unspecified atom stereocenters. The van der Waals surface area contributed by atoms with Gasteiger partial charge in [0.2, 0.25) is 0 Å². The normalized spacial score (nSPS) is 12.1. The molecule has 0 aliphatic rings. The molecule has 1 N–H and O–H groups in total. The standard InChI is InChI=1S/C25H21OP/c26-25(20-12-4-1-5-13-20)23-18-10-11-19-24(23)27(21-14-6-2-7-15-21)22-16-8-3-9-17-22/h1-19,25-26H/t25-/m0/s1. The average Bonchev–Trinajstić information content (AvgIpc) is 2.76. The maximum atomic E-state index is 11.1. The molecule has 0 saturated carbocycles. The number of rotatable bonds is 5. The van der Waals surface area contributed by atoms with E-state index in [1.807, 2.05) is 54.6 Å². The Morgan fingerprint density at radius 2 is 0.963 bits per heavy atom. The summed E-state index contributed by atoms with van der Waals surface area (Å²) in [5, 5.41) is 14.9. The summed E-state index contributed by atoms with van der Waals surface area (Å²) in [6, 6.07) is 39.3. The van der Waals surface area contributed by atoms with Crippen LogP contribution in [0.4, 0.5) is 0 Å². The SMILES string of the molecule is O[C@@H](c1ccccc1)c1ccccc1P(c1ccccc1)c1ccccc1. The predicted octanol–water partition coefficient (Wildman–Crippen LogP) is 4.53. The zero-order chi connectivity index (χ0) is 18.5. The molecule has 0 spiro atoms. The topological polar surface area (TPSA) is 20.2 Å². The van der Waals surface area contributed by atoms with Crippen molar-refractivity contribution in [3.05, 3.63) is 126 Å². The van der Waals surface area contributed by atoms with Crippen LogP contribution in [0.15, 0.2) is 115 Å². The number of benzene rings is 4. The largest absolute Gasteiger partial charge is 0.384 e. The van der Waals surface area contributed by atoms with Crippen molar-refractivity contribution < 1.29 is 5.11 Å². The minimum Gasteiger partial charge on any atom is -0.384 e. The third kappa shape index (κ3) is 3.85. The van der Waals surface area contributed by atoms with Crippen LogP contribution in [-0.2, 0) is 0 Å². The van der Waals surface area contributed by atoms with Gasteiger partial charge in [0.15, 0.2) is 0 Å². The molecule has 4 aromatic carbocycles. The van der Waals surface area contributed by atoms with E-state index in [9.17, 15) is 5.11 Å². The van der Waals surface area contributed by atoms with E-state index in [1.165, 1.54) is 15.9 Å². The summed E-state index contributed by atoms with van der Waals surface area (Å²) in [5.41, 5.74) is 1.89. The van der Waals surface area contributed by atoms with Gasteiger partial charge in [-0.05, 0) is 35.0 Å². The fourth-order valence-electron chi connectivity index (χ4n) is 3.32. The lowest BCUT2D eigenvalue weighted by Gasteiger charge is -2.24. The quantitative estimate of drug-likeness (QED) is 0.513. The molecule has 0 bridgehead atoms. The lowest BCUT2D eigenvalue weighted by Crippen LogP contribution is -2.24. The molecule has 4 aromatic rings. The molecule has 0 aliphatic carbocycles. The summed E-state index contributed by atoms with van der Waals surface area (Å²) in [6.07, 6.45) is -0.639. The summed E-state index contributed by atoms with van der Waals surface area (Å²) in [7, 11) is -0.750. The maximum Gasteiger partial charge on any atom is 0.105 e. The predicted molar refractivity (Wildman–Crippen MR) is 116 cm³/mol. The van der Waals surface area contributed by atoms with Crippen molar-refractivity contribution in [1.29, 1.82) is 0 Å². The first-order chi connectivity index (χ1) is 13.3. The van der Waals surface area contributed by atoms with E-state index < -0.39 is 14.0 Å². The van der Waals surface area contributed by atoms with Crippen LogP contribution in [-0.4, -0.2) is 5.11 Å². The van der Waals surface area contributed by atoms with Crippen LogP contribution in [0, 0.1) is 0 Å². The third-order valence-corrected chi connectivity index (χ3v) is 7.13. The van der Waals surface area contributed by atoms with Gasteiger partial charge < -0.3 is 5.11 Å². The van der Waals surface area contributed by atoms with E-state index in [-0.39, 0.29) is 0 Å². The summed E-state index contributed by atoms with van der Waals surface area (Å²) in [5.74, 6) is 0. The van der Waals surface area contributed by atoms with Gasteiger partial charge in [-0.3, -0.25) is 0 Å². The molecule has 0 radical (unpaired) electrons. The fraction of sp³-hybridized carbons (Fsp3) is 0.0400. The van der Waals surface area contributed by atoms with Crippen molar-refractivity contribution in [1.82, 2.24) is 0 Å². The Morgan fingerprint density at radius 1 is 0.519 bits per heavy atom. The fourth-order valence-corrected chi connectivity index (χ4v) is 5.80. The molecule has 0 fully saturated rings. The molecule has 0 saturated heterocycles. The highest BCUT2D eigenvalue weighted by molar-refractivity contribution is 7.79. The van der Waals surface area contributed by atoms with Crippen molar-refractivity contribution in [2.24, 2.45) is 0 Å². The van der Waals surface area contributed by atoms with Crippen LogP contribution in [0.1, 0.15) is 17.2 Å². The summed E-state index contributed by atoms with van der Waals surface area (Å²) in [4.78, 5) is 0. The van der Waals surface area contributed by atoms with Crippen molar-refractivity contribution in [2.45, 2.75) is 6.10 Å². The molecule has 1 atom stereocenters. The second-order valence-corrected chi connectivity index (χ2v) is 8.56. The van der Waals surface area contributed by atoms with Crippen LogP contribution in [0.2, 0.25) is 0 Å². The van der Waals surface area contributed by atoms with Crippen LogP contribution < -0.4 is 15.9 Å². The van der Waals surface area contributed by atoms with Gasteiger partial charge >= 0.3 is 0 Å². The van der Waals surface area contributed by atoms with Crippen LogP contribution in [0.5, 0.6) is 0 Å². The maximum absolute atomic E-state index is 11.1. The molecule has 0 aliphatic heterocycles. The Hall–Kier alpha value is -2.73. The number of hydrogen-bond acceptors (Lipinski definition) is 1. The third-order valence-electron chi connectivity index (χ3n) is 4.62. The Balaban J connectivity index is 1.87. The van der Waals surface area contributed by atoms with E-state index in [0.717, 1.165) is 11.1 Å². The molecule has 0 heterocycles. The first kappa shape index (κ1) is 17.7. The Morgan fingerprint density at radius 3 is 1.52 bits per heavy atom. The monoisotopic (exact) mass is 368 g/mol. The van der Waals surface area contributed by atoms with Crippen molar-refractivity contribution in [3.8, 4) is 0 Å². The van der Waals surface area contributed by atoms with Crippen LogP contribution >= 0.6 is 7.92 Å². The lowest BCUT2D eigenvalue weighted by molar-refractivity contribution is 0.221. The second kappa shape index (κ2) is 8.31. The van der Waals surface area contributed by atoms with Gasteiger partial charge in [0.1, 0.15) is 6.10 Å². The van der Waals surface area contributed by atoms with Gasteiger partial charge in [-0.25, -0.2) is 0 Å². The van der Waals surface area contributed by atoms with E-state index >= 15 is 0 Å². The highest BCUT2D eigenvalue weighted by Gasteiger charge is 2.22. The average molecular weight is 368 g/mol. The van der Waals surface area contributed by atoms with Gasteiger partial charge in [0, 0.05) is 0 Å². The molecular formula is C25H21OP. The Kier molecular flexibility index (Phi) is 5.44. The summed E-state index contributed by atoms with van der Waals surface area (Å²) >= 11 is 0. The highest BCUT2D eigenvalue weighted by Crippen LogP contribution is 2.36. The first-order valence-corrected chi connectivity index (χ1v) is 10.4. The van der Waals surface area contributed by atoms with Crippen LogP contribution in [0.25, 0.3) is 0 Å². The van der Waals surface area contributed by atoms with E-state index in [4.69, 9.17) is 0 Å². The van der Waals surface area contributed by atoms with Gasteiger partial charge in [-0.2, -0.15) is 0 Å². The van der Waals surface area contributed by atoms with Crippen molar-refractivity contribution in [2.75, 3.05) is 0 Å². The van der Waals surface area contributed by atoms with E-state index in [2.05, 4.69) is 60.7 Å². The van der Waals surface area contributed by atoms with Crippen molar-refractivity contribution >= 4 is 23.8 Å². The van der Waals surface area contributed by atoms with Gasteiger partial charge in [0.25, 0.3) is 0 Å². The minimum atomic E-state index is -0.750. The van der Waals surface area contributed by atoms with E-state index in [0.29, 0.717) is 0 Å². The molecule has 0 amide bonds. The summed E-state index contributed by atoms with van der Waals surface area (Å²) in [6.45, 7) is 0. The Labute approximate surface area is 161 Å². The van der Waals surface area contributed by atoms with Gasteiger partial charge in [0.05, 0.1) is 0 Å². The Bertz CT molecular complexity index is 945. The number of hydrogen-bond donors (Lipinski definition) is 1. The zero-order valence-corrected chi connectivity index (χ0v) is 15.8. The molecule has 4 rings (SSSR count). The first-order valence-electron chi connectivity index (χ1n) is 9.07. The number of aliphatic hydroxyl groups is 1. The molecule has 2 heteroatoms. The molecule has 1 nitrogen and oxygen atoms in total. The minimum absolute atomic E-state index is 0.639. The lowest BCUT2D eigenvalue weighted by atomic mass is 10.0. The van der Waals surface area contributed by atoms with E-state index in [1.54, 1.807) is 0 Å². The van der Waals surface area contributed by atoms with Crippen molar-refractivity contribution in [3.63, 3.8) is 0 Å². The van der Waals surface area contributed by atoms with Gasteiger partial charge in [-0.1, -0.05) is 115 Å². The smallest absolute Gasteiger partial charge is 0.105 e.